The molecule has 1 aliphatic heterocycles. The zero-order valence-corrected chi connectivity index (χ0v) is 10.9. The lowest BCUT2D eigenvalue weighted by atomic mass is 9.97. The predicted molar refractivity (Wildman–Crippen MR) is 69.5 cm³/mol. The van der Waals surface area contributed by atoms with Gasteiger partial charge in [0.05, 0.1) is 0 Å². The van der Waals surface area contributed by atoms with Gasteiger partial charge in [0.2, 0.25) is 0 Å². The van der Waals surface area contributed by atoms with Gasteiger partial charge in [0.15, 0.2) is 0 Å². The van der Waals surface area contributed by atoms with Gasteiger partial charge in [0.25, 0.3) is 0 Å². The summed E-state index contributed by atoms with van der Waals surface area (Å²) in [4.78, 5) is 0. The van der Waals surface area contributed by atoms with E-state index in [1.165, 1.54) is 18.9 Å². The number of nitrogens with one attached hydrogen (secondary N) is 1. The molecule has 0 radical (unpaired) electrons. The fourth-order valence-corrected chi connectivity index (χ4v) is 2.85. The molecule has 0 spiro atoms. The van der Waals surface area contributed by atoms with E-state index in [1.54, 1.807) is 12.1 Å². The zero-order chi connectivity index (χ0) is 12.5. The summed E-state index contributed by atoms with van der Waals surface area (Å²) in [7, 11) is 0. The van der Waals surface area contributed by atoms with Gasteiger partial charge in [-0.25, -0.2) is 4.39 Å². The Balaban J connectivity index is 1.77. The Morgan fingerprint density at radius 3 is 2.78 bits per heavy atom. The highest BCUT2D eigenvalue weighted by Crippen LogP contribution is 2.41. The quantitative estimate of drug-likeness (QED) is 0.906. The Morgan fingerprint density at radius 1 is 1.28 bits per heavy atom. The Labute approximate surface area is 111 Å². The molecule has 1 aromatic rings. The highest BCUT2D eigenvalue weighted by atomic mass is 35.5. The standard InChI is InChI=1S/C14H17ClFNO/c15-13-11(16)2-1-3-12(13)18-14(9-4-5-9)10-6-7-17-8-10/h1-3,9-10,14,17H,4-8H2/t10-,14+/m0/s1. The summed E-state index contributed by atoms with van der Waals surface area (Å²) in [6.07, 6.45) is 3.75. The molecule has 4 heteroatoms. The maximum atomic E-state index is 13.4. The lowest BCUT2D eigenvalue weighted by molar-refractivity contribution is 0.120. The minimum atomic E-state index is -0.409. The summed E-state index contributed by atoms with van der Waals surface area (Å²) < 4.78 is 19.4. The second-order valence-electron chi connectivity index (χ2n) is 5.22. The van der Waals surface area contributed by atoms with E-state index in [1.807, 2.05) is 0 Å². The molecule has 0 aromatic heterocycles. The van der Waals surface area contributed by atoms with Crippen LogP contribution in [0.15, 0.2) is 18.2 Å². The van der Waals surface area contributed by atoms with Crippen LogP contribution in [0, 0.1) is 17.7 Å². The Hall–Kier alpha value is -0.800. The first-order valence-electron chi connectivity index (χ1n) is 6.57. The van der Waals surface area contributed by atoms with Gasteiger partial charge in [-0.15, -0.1) is 0 Å². The molecule has 1 saturated heterocycles. The van der Waals surface area contributed by atoms with E-state index >= 15 is 0 Å². The number of ether oxygens (including phenoxy) is 1. The van der Waals surface area contributed by atoms with Gasteiger partial charge in [-0.1, -0.05) is 17.7 Å². The molecule has 1 N–H and O–H groups in total. The van der Waals surface area contributed by atoms with Crippen molar-refractivity contribution in [3.05, 3.63) is 29.0 Å². The van der Waals surface area contributed by atoms with Crippen LogP contribution >= 0.6 is 11.6 Å². The van der Waals surface area contributed by atoms with Crippen molar-refractivity contribution in [1.82, 2.24) is 5.32 Å². The first kappa shape index (κ1) is 12.2. The smallest absolute Gasteiger partial charge is 0.145 e. The SMILES string of the molecule is Fc1cccc(O[C@H](C2CC2)[C@H]2CCNC2)c1Cl. The van der Waals surface area contributed by atoms with Gasteiger partial charge in [-0.2, -0.15) is 0 Å². The van der Waals surface area contributed by atoms with Crippen molar-refractivity contribution >= 4 is 11.6 Å². The molecule has 1 aliphatic carbocycles. The Morgan fingerprint density at radius 2 is 2.11 bits per heavy atom. The number of halogens is 2. The molecular formula is C14H17ClFNO. The molecular weight excluding hydrogens is 253 g/mol. The minimum Gasteiger partial charge on any atom is -0.488 e. The second kappa shape index (κ2) is 5.06. The van der Waals surface area contributed by atoms with Crippen LogP contribution in [0.5, 0.6) is 5.75 Å². The van der Waals surface area contributed by atoms with Gasteiger partial charge >= 0.3 is 0 Å². The third kappa shape index (κ3) is 2.47. The first-order valence-corrected chi connectivity index (χ1v) is 6.95. The topological polar surface area (TPSA) is 21.3 Å². The fraction of sp³-hybridized carbons (Fsp3) is 0.571. The van der Waals surface area contributed by atoms with E-state index in [2.05, 4.69) is 5.32 Å². The molecule has 2 atom stereocenters. The van der Waals surface area contributed by atoms with Gasteiger partial charge in [0, 0.05) is 12.5 Å². The molecule has 0 amide bonds. The number of rotatable bonds is 4. The van der Waals surface area contributed by atoms with Crippen LogP contribution in [-0.4, -0.2) is 19.2 Å². The minimum absolute atomic E-state index is 0.106. The Kier molecular flexibility index (Phi) is 3.44. The summed E-state index contributed by atoms with van der Waals surface area (Å²) in [5.74, 6) is 1.22. The molecule has 0 unspecified atom stereocenters. The summed E-state index contributed by atoms with van der Waals surface area (Å²) in [5.41, 5.74) is 0. The van der Waals surface area contributed by atoms with E-state index in [9.17, 15) is 4.39 Å². The number of benzene rings is 1. The molecule has 3 rings (SSSR count). The molecule has 2 nitrogen and oxygen atoms in total. The number of hydrogen-bond acceptors (Lipinski definition) is 2. The van der Waals surface area contributed by atoms with Crippen LogP contribution < -0.4 is 10.1 Å². The van der Waals surface area contributed by atoms with Gasteiger partial charge in [0.1, 0.15) is 22.7 Å². The average molecular weight is 270 g/mol. The maximum Gasteiger partial charge on any atom is 0.145 e. The van der Waals surface area contributed by atoms with Crippen LogP contribution in [-0.2, 0) is 0 Å². The zero-order valence-electron chi connectivity index (χ0n) is 10.2. The van der Waals surface area contributed by atoms with Crippen LogP contribution in [0.3, 0.4) is 0 Å². The third-order valence-corrected chi connectivity index (χ3v) is 4.20. The third-order valence-electron chi connectivity index (χ3n) is 3.83. The van der Waals surface area contributed by atoms with Crippen molar-refractivity contribution in [2.45, 2.75) is 25.4 Å². The fourth-order valence-electron chi connectivity index (χ4n) is 2.68. The van der Waals surface area contributed by atoms with E-state index in [4.69, 9.17) is 16.3 Å². The predicted octanol–water partition coefficient (Wildman–Crippen LogP) is 3.25. The van der Waals surface area contributed by atoms with Crippen molar-refractivity contribution in [3.8, 4) is 5.75 Å². The summed E-state index contributed by atoms with van der Waals surface area (Å²) in [6.45, 7) is 2.04. The normalized spacial score (nSPS) is 25.1. The van der Waals surface area contributed by atoms with Gasteiger partial charge in [-0.3, -0.25) is 0 Å². The lowest BCUT2D eigenvalue weighted by Crippen LogP contribution is -2.31. The van der Waals surface area contributed by atoms with E-state index in [-0.39, 0.29) is 11.1 Å². The summed E-state index contributed by atoms with van der Waals surface area (Å²) in [6, 6.07) is 4.76. The van der Waals surface area contributed by atoms with Crippen molar-refractivity contribution < 1.29 is 9.13 Å². The highest BCUT2D eigenvalue weighted by molar-refractivity contribution is 6.32. The van der Waals surface area contributed by atoms with E-state index in [0.29, 0.717) is 17.6 Å². The average Bonchev–Trinajstić information content (AvgIpc) is 3.06. The van der Waals surface area contributed by atoms with Crippen LogP contribution in [0.4, 0.5) is 4.39 Å². The van der Waals surface area contributed by atoms with Crippen molar-refractivity contribution in [1.29, 1.82) is 0 Å². The summed E-state index contributed by atoms with van der Waals surface area (Å²) in [5, 5.41) is 3.47. The molecule has 98 valence electrons. The van der Waals surface area contributed by atoms with Gasteiger partial charge in [-0.05, 0) is 43.9 Å². The Bertz CT molecular complexity index is 430. The van der Waals surface area contributed by atoms with Crippen LogP contribution in [0.2, 0.25) is 5.02 Å². The van der Waals surface area contributed by atoms with E-state index in [0.717, 1.165) is 19.5 Å². The van der Waals surface area contributed by atoms with Crippen molar-refractivity contribution in [2.75, 3.05) is 13.1 Å². The molecule has 2 aliphatic rings. The largest absolute Gasteiger partial charge is 0.488 e. The van der Waals surface area contributed by atoms with Crippen LogP contribution in [0.25, 0.3) is 0 Å². The summed E-state index contributed by atoms with van der Waals surface area (Å²) >= 11 is 5.95. The maximum absolute atomic E-state index is 13.4. The van der Waals surface area contributed by atoms with Gasteiger partial charge < -0.3 is 10.1 Å². The number of hydrogen-bond donors (Lipinski definition) is 1. The molecule has 2 fully saturated rings. The monoisotopic (exact) mass is 269 g/mol. The first-order chi connectivity index (χ1) is 8.75. The highest BCUT2D eigenvalue weighted by Gasteiger charge is 2.39. The van der Waals surface area contributed by atoms with Crippen LogP contribution in [0.1, 0.15) is 19.3 Å². The lowest BCUT2D eigenvalue weighted by Gasteiger charge is -2.24. The molecule has 1 heterocycles. The van der Waals surface area contributed by atoms with Crippen molar-refractivity contribution in [2.24, 2.45) is 11.8 Å². The van der Waals surface area contributed by atoms with Crippen molar-refractivity contribution in [3.63, 3.8) is 0 Å². The second-order valence-corrected chi connectivity index (χ2v) is 5.60. The molecule has 18 heavy (non-hydrogen) atoms. The van der Waals surface area contributed by atoms with E-state index < -0.39 is 5.82 Å². The molecule has 1 saturated carbocycles. The molecule has 1 aromatic carbocycles. The molecule has 0 bridgehead atoms.